The Kier molecular flexibility index (Phi) is 3.96. The van der Waals surface area contributed by atoms with E-state index in [1.807, 2.05) is 42.8 Å². The van der Waals surface area contributed by atoms with Gasteiger partial charge in [0, 0.05) is 18.0 Å². The summed E-state index contributed by atoms with van der Waals surface area (Å²) in [5, 5.41) is 12.0. The molecule has 0 aliphatic carbocycles. The fourth-order valence-corrected chi connectivity index (χ4v) is 2.90. The van der Waals surface area contributed by atoms with Crippen LogP contribution in [-0.2, 0) is 7.05 Å². The molecule has 0 aliphatic heterocycles. The lowest BCUT2D eigenvalue weighted by Crippen LogP contribution is -2.15. The van der Waals surface area contributed by atoms with Crippen molar-refractivity contribution in [3.63, 3.8) is 0 Å². The molecule has 1 amide bonds. The first-order chi connectivity index (χ1) is 12.7. The molecule has 7 nitrogen and oxygen atoms in total. The van der Waals surface area contributed by atoms with Crippen LogP contribution in [-0.4, -0.2) is 32.3 Å². The molecule has 1 N–H and O–H groups in total. The van der Waals surface area contributed by atoms with Crippen molar-refractivity contribution < 1.29 is 9.53 Å². The summed E-state index contributed by atoms with van der Waals surface area (Å²) in [6.45, 7) is 2.49. The molecule has 2 heterocycles. The molecule has 0 atom stereocenters. The standard InChI is InChI=1S/C19H17N5O2/c1-3-26-13-10-8-12(9-11-13)18(25)21-19-20-17-16(22-23-19)14-6-4-5-7-15(14)24(17)2/h4-11H,3H2,1-2H3,(H,20,21,23,25). The maximum atomic E-state index is 12.4. The summed E-state index contributed by atoms with van der Waals surface area (Å²) in [5.41, 5.74) is 2.89. The predicted molar refractivity (Wildman–Crippen MR) is 99.4 cm³/mol. The number of amides is 1. The van der Waals surface area contributed by atoms with Crippen LogP contribution in [0.25, 0.3) is 22.1 Å². The number of ether oxygens (including phenoxy) is 1. The van der Waals surface area contributed by atoms with Crippen molar-refractivity contribution in [1.82, 2.24) is 19.7 Å². The topological polar surface area (TPSA) is 81.9 Å². The van der Waals surface area contributed by atoms with Crippen LogP contribution in [0.15, 0.2) is 48.5 Å². The first-order valence-electron chi connectivity index (χ1n) is 8.29. The quantitative estimate of drug-likeness (QED) is 0.613. The molecular weight excluding hydrogens is 330 g/mol. The number of carbonyl (C=O) groups is 1. The van der Waals surface area contributed by atoms with Gasteiger partial charge in [0.25, 0.3) is 11.9 Å². The van der Waals surface area contributed by atoms with Gasteiger partial charge >= 0.3 is 0 Å². The highest BCUT2D eigenvalue weighted by atomic mass is 16.5. The third kappa shape index (κ3) is 2.73. The van der Waals surface area contributed by atoms with Crippen LogP contribution in [0.3, 0.4) is 0 Å². The van der Waals surface area contributed by atoms with Crippen molar-refractivity contribution in [3.05, 3.63) is 54.1 Å². The van der Waals surface area contributed by atoms with Crippen molar-refractivity contribution in [2.24, 2.45) is 7.05 Å². The fraction of sp³-hybridized carbons (Fsp3) is 0.158. The van der Waals surface area contributed by atoms with E-state index in [4.69, 9.17) is 4.74 Å². The van der Waals surface area contributed by atoms with Crippen LogP contribution in [0.1, 0.15) is 17.3 Å². The summed E-state index contributed by atoms with van der Waals surface area (Å²) < 4.78 is 7.32. The molecule has 4 aromatic rings. The Labute approximate surface area is 149 Å². The van der Waals surface area contributed by atoms with E-state index in [9.17, 15) is 4.79 Å². The number of aromatic nitrogens is 4. The number of nitrogens with one attached hydrogen (secondary N) is 1. The molecule has 2 aromatic carbocycles. The number of hydrogen-bond acceptors (Lipinski definition) is 5. The molecule has 0 saturated heterocycles. The first kappa shape index (κ1) is 16.0. The minimum Gasteiger partial charge on any atom is -0.494 e. The molecule has 0 aliphatic rings. The SMILES string of the molecule is CCOc1ccc(C(=O)Nc2nnc3c4ccccc4n(C)c3n2)cc1. The second kappa shape index (κ2) is 6.44. The van der Waals surface area contributed by atoms with E-state index in [1.165, 1.54) is 0 Å². The van der Waals surface area contributed by atoms with E-state index >= 15 is 0 Å². The van der Waals surface area contributed by atoms with E-state index in [1.54, 1.807) is 24.3 Å². The summed E-state index contributed by atoms with van der Waals surface area (Å²) in [6, 6.07) is 14.8. The maximum absolute atomic E-state index is 12.4. The molecule has 7 heteroatoms. The lowest BCUT2D eigenvalue weighted by Gasteiger charge is -2.05. The van der Waals surface area contributed by atoms with Crippen molar-refractivity contribution in [3.8, 4) is 5.75 Å². The Bertz CT molecular complexity index is 1100. The molecule has 0 spiro atoms. The number of benzene rings is 2. The van der Waals surface area contributed by atoms with Crippen molar-refractivity contribution in [2.45, 2.75) is 6.92 Å². The predicted octanol–water partition coefficient (Wildman–Crippen LogP) is 3.17. The smallest absolute Gasteiger partial charge is 0.258 e. The average Bonchev–Trinajstić information content (AvgIpc) is 2.95. The van der Waals surface area contributed by atoms with Gasteiger partial charge < -0.3 is 9.30 Å². The van der Waals surface area contributed by atoms with Gasteiger partial charge in [-0.2, -0.15) is 4.98 Å². The summed E-state index contributed by atoms with van der Waals surface area (Å²) in [7, 11) is 1.91. The second-order valence-corrected chi connectivity index (χ2v) is 5.80. The van der Waals surface area contributed by atoms with E-state index in [0.29, 0.717) is 23.3 Å². The van der Waals surface area contributed by atoms with Gasteiger partial charge in [0.15, 0.2) is 5.65 Å². The monoisotopic (exact) mass is 347 g/mol. The van der Waals surface area contributed by atoms with Crippen LogP contribution < -0.4 is 10.1 Å². The minimum absolute atomic E-state index is 0.169. The van der Waals surface area contributed by atoms with E-state index in [0.717, 1.165) is 16.7 Å². The first-order valence-corrected chi connectivity index (χ1v) is 8.29. The largest absolute Gasteiger partial charge is 0.494 e. The van der Waals surface area contributed by atoms with Gasteiger partial charge in [-0.15, -0.1) is 10.2 Å². The van der Waals surface area contributed by atoms with Gasteiger partial charge in [-0.3, -0.25) is 10.1 Å². The third-order valence-electron chi connectivity index (χ3n) is 4.16. The van der Waals surface area contributed by atoms with E-state index in [2.05, 4.69) is 20.5 Å². The van der Waals surface area contributed by atoms with Crippen molar-refractivity contribution >= 4 is 33.9 Å². The fourth-order valence-electron chi connectivity index (χ4n) is 2.90. The zero-order valence-electron chi connectivity index (χ0n) is 14.4. The molecule has 26 heavy (non-hydrogen) atoms. The zero-order valence-corrected chi connectivity index (χ0v) is 14.4. The van der Waals surface area contributed by atoms with Gasteiger partial charge in [0.05, 0.1) is 12.1 Å². The van der Waals surface area contributed by atoms with Crippen LogP contribution in [0.4, 0.5) is 5.95 Å². The van der Waals surface area contributed by atoms with Gasteiger partial charge in [-0.05, 0) is 37.3 Å². The summed E-state index contributed by atoms with van der Waals surface area (Å²) >= 11 is 0. The van der Waals surface area contributed by atoms with E-state index in [-0.39, 0.29) is 11.9 Å². The molecule has 2 aromatic heterocycles. The van der Waals surface area contributed by atoms with Crippen molar-refractivity contribution in [2.75, 3.05) is 11.9 Å². The molecule has 0 unspecified atom stereocenters. The lowest BCUT2D eigenvalue weighted by atomic mass is 10.2. The van der Waals surface area contributed by atoms with Gasteiger partial charge in [0.2, 0.25) is 0 Å². The second-order valence-electron chi connectivity index (χ2n) is 5.80. The summed E-state index contributed by atoms with van der Waals surface area (Å²) in [4.78, 5) is 16.9. The zero-order chi connectivity index (χ0) is 18.1. The third-order valence-corrected chi connectivity index (χ3v) is 4.16. The Morgan fingerprint density at radius 2 is 1.88 bits per heavy atom. The van der Waals surface area contributed by atoms with Gasteiger partial charge in [0.1, 0.15) is 11.3 Å². The van der Waals surface area contributed by atoms with Crippen molar-refractivity contribution in [1.29, 1.82) is 0 Å². The number of fused-ring (bicyclic) bond motifs is 3. The van der Waals surface area contributed by atoms with Gasteiger partial charge in [-0.25, -0.2) is 0 Å². The molecule has 0 bridgehead atoms. The van der Waals surface area contributed by atoms with E-state index < -0.39 is 0 Å². The average molecular weight is 347 g/mol. The normalized spacial score (nSPS) is 11.0. The Hall–Kier alpha value is -3.48. The molecular formula is C19H17N5O2. The molecule has 130 valence electrons. The number of carbonyl (C=O) groups excluding carboxylic acids is 1. The molecule has 0 saturated carbocycles. The summed E-state index contributed by atoms with van der Waals surface area (Å²) in [5.74, 6) is 0.592. The number of nitrogens with zero attached hydrogens (tertiary/aromatic N) is 4. The van der Waals surface area contributed by atoms with Crippen LogP contribution in [0.2, 0.25) is 0 Å². The van der Waals surface area contributed by atoms with Gasteiger partial charge in [-0.1, -0.05) is 18.2 Å². The highest BCUT2D eigenvalue weighted by Crippen LogP contribution is 2.25. The Morgan fingerprint density at radius 3 is 2.65 bits per heavy atom. The highest BCUT2D eigenvalue weighted by Gasteiger charge is 2.14. The van der Waals surface area contributed by atoms with Crippen LogP contribution in [0.5, 0.6) is 5.75 Å². The number of aryl methyl sites for hydroxylation is 1. The molecule has 0 fully saturated rings. The number of para-hydroxylation sites is 1. The number of rotatable bonds is 4. The Morgan fingerprint density at radius 1 is 1.12 bits per heavy atom. The minimum atomic E-state index is -0.298. The van der Waals surface area contributed by atoms with Crippen LogP contribution in [0, 0.1) is 0 Å². The summed E-state index contributed by atoms with van der Waals surface area (Å²) in [6.07, 6.45) is 0. The highest BCUT2D eigenvalue weighted by molar-refractivity contribution is 6.06. The molecule has 0 radical (unpaired) electrons. The Balaban J connectivity index is 1.63. The number of hydrogen-bond donors (Lipinski definition) is 1. The molecule has 4 rings (SSSR count). The lowest BCUT2D eigenvalue weighted by molar-refractivity contribution is 0.102. The maximum Gasteiger partial charge on any atom is 0.258 e. The van der Waals surface area contributed by atoms with Crippen LogP contribution >= 0.6 is 0 Å². The number of anilines is 1.